The van der Waals surface area contributed by atoms with Crippen LogP contribution in [0.3, 0.4) is 0 Å². The number of halogens is 1. The Morgan fingerprint density at radius 1 is 1.33 bits per heavy atom. The number of hydrogen-bond donors (Lipinski definition) is 0. The molecule has 2 heterocycles. The molecule has 1 saturated heterocycles. The van der Waals surface area contributed by atoms with Crippen LogP contribution in [-0.2, 0) is 17.8 Å². The van der Waals surface area contributed by atoms with Crippen molar-refractivity contribution in [2.24, 2.45) is 0 Å². The Kier molecular flexibility index (Phi) is 5.16. The fourth-order valence-corrected chi connectivity index (χ4v) is 3.15. The van der Waals surface area contributed by atoms with Gasteiger partial charge >= 0.3 is 0 Å². The van der Waals surface area contributed by atoms with Crippen LogP contribution in [0.2, 0.25) is 0 Å². The molecule has 1 fully saturated rings. The van der Waals surface area contributed by atoms with Gasteiger partial charge in [-0.2, -0.15) is 5.10 Å². The lowest BCUT2D eigenvalue weighted by molar-refractivity contribution is -0.0405. The van der Waals surface area contributed by atoms with Gasteiger partial charge in [0.15, 0.2) is 11.6 Å². The Morgan fingerprint density at radius 3 is 2.83 bits per heavy atom. The third-order valence-electron chi connectivity index (χ3n) is 4.33. The molecule has 2 aromatic rings. The standard InChI is InChI=1S/C18H24FN3O2/c1-13-8-14(2)22(20-13)12-16-11-21(6-7-24-16)10-15-4-5-18(23-3)17(19)9-15/h4-5,8-9,16H,6-7,10-12H2,1-3H3/t16-/m1/s1. The SMILES string of the molecule is COc1ccc(CN2CCO[C@@H](Cn3nc(C)cc3C)C2)cc1F. The number of methoxy groups -OCH3 is 1. The zero-order valence-electron chi connectivity index (χ0n) is 14.5. The predicted molar refractivity (Wildman–Crippen MR) is 89.7 cm³/mol. The van der Waals surface area contributed by atoms with Crippen molar-refractivity contribution in [1.82, 2.24) is 14.7 Å². The molecule has 0 unspecified atom stereocenters. The van der Waals surface area contributed by atoms with E-state index in [2.05, 4.69) is 23.0 Å². The summed E-state index contributed by atoms with van der Waals surface area (Å²) in [7, 11) is 1.48. The van der Waals surface area contributed by atoms with Crippen LogP contribution in [0.25, 0.3) is 0 Å². The molecule has 0 aliphatic carbocycles. The van der Waals surface area contributed by atoms with Crippen molar-refractivity contribution in [1.29, 1.82) is 0 Å². The zero-order valence-corrected chi connectivity index (χ0v) is 14.5. The second-order valence-electron chi connectivity index (χ2n) is 6.31. The van der Waals surface area contributed by atoms with E-state index in [1.165, 1.54) is 7.11 Å². The molecule has 1 aliphatic heterocycles. The molecule has 0 saturated carbocycles. The molecule has 3 rings (SSSR count). The van der Waals surface area contributed by atoms with Crippen molar-refractivity contribution in [3.63, 3.8) is 0 Å². The molecule has 1 aromatic carbocycles. The Labute approximate surface area is 142 Å². The predicted octanol–water partition coefficient (Wildman–Crippen LogP) is 2.55. The lowest BCUT2D eigenvalue weighted by atomic mass is 10.1. The van der Waals surface area contributed by atoms with Crippen LogP contribution in [0.5, 0.6) is 5.75 Å². The Morgan fingerprint density at radius 2 is 2.17 bits per heavy atom. The van der Waals surface area contributed by atoms with Gasteiger partial charge in [0.25, 0.3) is 0 Å². The Hall–Kier alpha value is -1.92. The summed E-state index contributed by atoms with van der Waals surface area (Å²) in [4.78, 5) is 2.29. The van der Waals surface area contributed by atoms with Gasteiger partial charge in [-0.3, -0.25) is 9.58 Å². The summed E-state index contributed by atoms with van der Waals surface area (Å²) in [5, 5.41) is 4.50. The number of rotatable bonds is 5. The monoisotopic (exact) mass is 333 g/mol. The number of benzene rings is 1. The van der Waals surface area contributed by atoms with E-state index in [1.807, 2.05) is 17.7 Å². The third kappa shape index (κ3) is 3.94. The molecule has 0 spiro atoms. The van der Waals surface area contributed by atoms with Crippen molar-refractivity contribution in [2.75, 3.05) is 26.8 Å². The van der Waals surface area contributed by atoms with E-state index in [-0.39, 0.29) is 17.7 Å². The van der Waals surface area contributed by atoms with Crippen LogP contribution in [0, 0.1) is 19.7 Å². The molecule has 0 amide bonds. The van der Waals surface area contributed by atoms with E-state index in [1.54, 1.807) is 12.1 Å². The number of aromatic nitrogens is 2. The van der Waals surface area contributed by atoms with Crippen LogP contribution in [0.4, 0.5) is 4.39 Å². The second kappa shape index (κ2) is 7.32. The maximum Gasteiger partial charge on any atom is 0.165 e. The van der Waals surface area contributed by atoms with Gasteiger partial charge in [0.2, 0.25) is 0 Å². The van der Waals surface area contributed by atoms with Crippen molar-refractivity contribution >= 4 is 0 Å². The Balaban J connectivity index is 1.61. The third-order valence-corrected chi connectivity index (χ3v) is 4.33. The lowest BCUT2D eigenvalue weighted by Gasteiger charge is -2.33. The number of ether oxygens (including phenoxy) is 2. The van der Waals surface area contributed by atoms with Crippen LogP contribution in [0.15, 0.2) is 24.3 Å². The van der Waals surface area contributed by atoms with E-state index in [9.17, 15) is 4.39 Å². The number of hydrogen-bond acceptors (Lipinski definition) is 4. The van der Waals surface area contributed by atoms with E-state index in [0.717, 1.165) is 36.6 Å². The minimum Gasteiger partial charge on any atom is -0.494 e. The first-order valence-electron chi connectivity index (χ1n) is 8.22. The molecule has 0 radical (unpaired) electrons. The second-order valence-corrected chi connectivity index (χ2v) is 6.31. The van der Waals surface area contributed by atoms with Gasteiger partial charge in [-0.05, 0) is 37.6 Å². The zero-order chi connectivity index (χ0) is 17.1. The number of nitrogens with zero attached hydrogens (tertiary/aromatic N) is 3. The largest absolute Gasteiger partial charge is 0.494 e. The summed E-state index contributed by atoms with van der Waals surface area (Å²) in [6.45, 7) is 7.84. The molecule has 1 atom stereocenters. The molecule has 5 nitrogen and oxygen atoms in total. The first-order valence-corrected chi connectivity index (χ1v) is 8.22. The summed E-state index contributed by atoms with van der Waals surface area (Å²) >= 11 is 0. The van der Waals surface area contributed by atoms with E-state index >= 15 is 0 Å². The minimum absolute atomic E-state index is 0.0971. The number of aryl methyl sites for hydroxylation is 2. The summed E-state index contributed by atoms with van der Waals surface area (Å²) < 4.78 is 26.7. The first-order chi connectivity index (χ1) is 11.5. The molecule has 0 N–H and O–H groups in total. The summed E-state index contributed by atoms with van der Waals surface area (Å²) in [6.07, 6.45) is 0.0971. The molecular formula is C18H24FN3O2. The molecule has 24 heavy (non-hydrogen) atoms. The van der Waals surface area contributed by atoms with Crippen molar-refractivity contribution < 1.29 is 13.9 Å². The molecule has 1 aromatic heterocycles. The summed E-state index contributed by atoms with van der Waals surface area (Å²) in [6, 6.07) is 7.21. The normalized spacial score (nSPS) is 18.8. The molecule has 6 heteroatoms. The van der Waals surface area contributed by atoms with E-state index < -0.39 is 0 Å². The highest BCUT2D eigenvalue weighted by atomic mass is 19.1. The highest BCUT2D eigenvalue weighted by molar-refractivity contribution is 5.29. The highest BCUT2D eigenvalue weighted by Crippen LogP contribution is 2.20. The topological polar surface area (TPSA) is 39.5 Å². The number of morpholine rings is 1. The fourth-order valence-electron chi connectivity index (χ4n) is 3.15. The average molecular weight is 333 g/mol. The van der Waals surface area contributed by atoms with Crippen molar-refractivity contribution in [3.8, 4) is 5.75 Å². The molecule has 1 aliphatic rings. The minimum atomic E-state index is -0.317. The molecule has 0 bridgehead atoms. The van der Waals surface area contributed by atoms with E-state index in [4.69, 9.17) is 9.47 Å². The summed E-state index contributed by atoms with van der Waals surface area (Å²) in [5.74, 6) is -0.0365. The molecular weight excluding hydrogens is 309 g/mol. The highest BCUT2D eigenvalue weighted by Gasteiger charge is 2.22. The maximum atomic E-state index is 13.8. The van der Waals surface area contributed by atoms with Gasteiger partial charge in [0.05, 0.1) is 32.1 Å². The van der Waals surface area contributed by atoms with Crippen LogP contribution >= 0.6 is 0 Å². The van der Waals surface area contributed by atoms with Gasteiger partial charge in [0, 0.05) is 25.3 Å². The first kappa shape index (κ1) is 16.9. The van der Waals surface area contributed by atoms with E-state index in [0.29, 0.717) is 13.2 Å². The quantitative estimate of drug-likeness (QED) is 0.843. The van der Waals surface area contributed by atoms with Gasteiger partial charge in [-0.1, -0.05) is 6.07 Å². The maximum absolute atomic E-state index is 13.8. The van der Waals surface area contributed by atoms with Crippen LogP contribution < -0.4 is 4.74 Å². The Bertz CT molecular complexity index is 702. The van der Waals surface area contributed by atoms with Crippen LogP contribution in [-0.4, -0.2) is 47.6 Å². The summed E-state index contributed by atoms with van der Waals surface area (Å²) in [5.41, 5.74) is 3.11. The lowest BCUT2D eigenvalue weighted by Crippen LogP contribution is -2.43. The van der Waals surface area contributed by atoms with Crippen LogP contribution in [0.1, 0.15) is 17.0 Å². The fraction of sp³-hybridized carbons (Fsp3) is 0.500. The van der Waals surface area contributed by atoms with Gasteiger partial charge in [0.1, 0.15) is 0 Å². The molecule has 130 valence electrons. The van der Waals surface area contributed by atoms with Gasteiger partial charge < -0.3 is 9.47 Å². The van der Waals surface area contributed by atoms with Gasteiger partial charge in [-0.25, -0.2) is 4.39 Å². The smallest absolute Gasteiger partial charge is 0.165 e. The van der Waals surface area contributed by atoms with Crippen molar-refractivity contribution in [2.45, 2.75) is 33.0 Å². The van der Waals surface area contributed by atoms with Crippen molar-refractivity contribution in [3.05, 3.63) is 47.0 Å². The van der Waals surface area contributed by atoms with Gasteiger partial charge in [-0.15, -0.1) is 0 Å². The average Bonchev–Trinajstić information content (AvgIpc) is 2.85.